The third-order valence-corrected chi connectivity index (χ3v) is 3.59. The highest BCUT2D eigenvalue weighted by atomic mass is 19.1. The van der Waals surface area contributed by atoms with Crippen LogP contribution in [0.25, 0.3) is 5.65 Å². The highest BCUT2D eigenvalue weighted by molar-refractivity contribution is 5.60. The molecule has 1 atom stereocenters. The van der Waals surface area contributed by atoms with Gasteiger partial charge in [-0.05, 0) is 43.3 Å². The van der Waals surface area contributed by atoms with E-state index in [1.165, 1.54) is 30.5 Å². The van der Waals surface area contributed by atoms with Crippen LogP contribution in [0, 0.1) is 15.9 Å². The second-order valence-electron chi connectivity index (χ2n) is 5.61. The summed E-state index contributed by atoms with van der Waals surface area (Å²) in [5.41, 5.74) is -1.12. The molecule has 0 fully saturated rings. The van der Waals surface area contributed by atoms with Crippen LogP contribution in [-0.4, -0.2) is 27.0 Å². The maximum atomic E-state index is 12.9. The Morgan fingerprint density at radius 1 is 1.31 bits per heavy atom. The van der Waals surface area contributed by atoms with Gasteiger partial charge in [-0.15, -0.1) is 0 Å². The summed E-state index contributed by atoms with van der Waals surface area (Å²) in [6.45, 7) is 1.86. The zero-order valence-corrected chi connectivity index (χ0v) is 13.8. The van der Waals surface area contributed by atoms with Crippen LogP contribution < -0.4 is 15.6 Å². The summed E-state index contributed by atoms with van der Waals surface area (Å²) >= 11 is 0. The fraction of sp³-hybridized carbons (Fsp3) is 0.176. The molecule has 0 radical (unpaired) electrons. The summed E-state index contributed by atoms with van der Waals surface area (Å²) in [5, 5.41) is 14.2. The molecule has 3 rings (SSSR count). The SMILES string of the molecule is CC(COc1ccc(F)cc1)Nc1nc2ccccn2c(=O)c1[N+](=O)[O-]. The van der Waals surface area contributed by atoms with Gasteiger partial charge in [-0.2, -0.15) is 0 Å². The van der Waals surface area contributed by atoms with Crippen molar-refractivity contribution in [3.05, 3.63) is 74.9 Å². The molecule has 0 saturated carbocycles. The van der Waals surface area contributed by atoms with Gasteiger partial charge in [0.25, 0.3) is 0 Å². The largest absolute Gasteiger partial charge is 0.491 e. The van der Waals surface area contributed by atoms with Gasteiger partial charge in [0.2, 0.25) is 5.82 Å². The number of fused-ring (bicyclic) bond motifs is 1. The molecular weight excluding hydrogens is 343 g/mol. The van der Waals surface area contributed by atoms with E-state index in [0.29, 0.717) is 5.75 Å². The lowest BCUT2D eigenvalue weighted by Crippen LogP contribution is -2.27. The molecule has 26 heavy (non-hydrogen) atoms. The molecule has 1 unspecified atom stereocenters. The average Bonchev–Trinajstić information content (AvgIpc) is 2.61. The fourth-order valence-electron chi connectivity index (χ4n) is 2.37. The van der Waals surface area contributed by atoms with E-state index in [-0.39, 0.29) is 23.9 Å². The monoisotopic (exact) mass is 358 g/mol. The number of anilines is 1. The van der Waals surface area contributed by atoms with Crippen molar-refractivity contribution in [2.24, 2.45) is 0 Å². The Labute approximate surface area is 147 Å². The quantitative estimate of drug-likeness (QED) is 0.537. The number of rotatable bonds is 6. The minimum atomic E-state index is -0.769. The van der Waals surface area contributed by atoms with Crippen molar-refractivity contribution in [2.75, 3.05) is 11.9 Å². The van der Waals surface area contributed by atoms with Crippen molar-refractivity contribution in [1.29, 1.82) is 0 Å². The molecule has 8 nitrogen and oxygen atoms in total. The second-order valence-corrected chi connectivity index (χ2v) is 5.61. The van der Waals surface area contributed by atoms with Crippen molar-refractivity contribution in [3.63, 3.8) is 0 Å². The van der Waals surface area contributed by atoms with Crippen molar-refractivity contribution in [1.82, 2.24) is 9.38 Å². The van der Waals surface area contributed by atoms with Crippen LogP contribution in [0.5, 0.6) is 5.75 Å². The van der Waals surface area contributed by atoms with Gasteiger partial charge in [-0.1, -0.05) is 6.07 Å². The number of pyridine rings is 1. The number of benzene rings is 1. The molecule has 9 heteroatoms. The van der Waals surface area contributed by atoms with Crippen LogP contribution in [0.1, 0.15) is 6.92 Å². The van der Waals surface area contributed by atoms with Crippen LogP contribution in [0.2, 0.25) is 0 Å². The number of hydrogen-bond donors (Lipinski definition) is 1. The summed E-state index contributed by atoms with van der Waals surface area (Å²) in [4.78, 5) is 27.1. The molecule has 0 aliphatic rings. The van der Waals surface area contributed by atoms with Crippen LogP contribution in [-0.2, 0) is 0 Å². The molecule has 0 amide bonds. The molecule has 0 aliphatic heterocycles. The fourth-order valence-corrected chi connectivity index (χ4v) is 2.37. The summed E-state index contributed by atoms with van der Waals surface area (Å²) in [7, 11) is 0. The van der Waals surface area contributed by atoms with E-state index >= 15 is 0 Å². The van der Waals surface area contributed by atoms with Gasteiger partial charge in [0.05, 0.1) is 11.0 Å². The third-order valence-electron chi connectivity index (χ3n) is 3.59. The topological polar surface area (TPSA) is 98.8 Å². The Hall–Kier alpha value is -3.49. The number of nitrogens with zero attached hydrogens (tertiary/aromatic N) is 3. The number of hydrogen-bond acceptors (Lipinski definition) is 6. The van der Waals surface area contributed by atoms with Gasteiger partial charge >= 0.3 is 11.2 Å². The highest BCUT2D eigenvalue weighted by Gasteiger charge is 2.24. The Balaban J connectivity index is 1.82. The van der Waals surface area contributed by atoms with Crippen molar-refractivity contribution >= 4 is 17.2 Å². The first kappa shape index (κ1) is 17.3. The van der Waals surface area contributed by atoms with E-state index in [1.54, 1.807) is 25.1 Å². The van der Waals surface area contributed by atoms with Gasteiger partial charge in [0.15, 0.2) is 0 Å². The average molecular weight is 358 g/mol. The van der Waals surface area contributed by atoms with Gasteiger partial charge in [-0.25, -0.2) is 9.37 Å². The van der Waals surface area contributed by atoms with Gasteiger partial charge in [0, 0.05) is 6.20 Å². The molecule has 134 valence electrons. The zero-order chi connectivity index (χ0) is 18.7. The predicted molar refractivity (Wildman–Crippen MR) is 93.1 cm³/mol. The van der Waals surface area contributed by atoms with E-state index in [1.807, 2.05) is 0 Å². The van der Waals surface area contributed by atoms with E-state index < -0.39 is 22.2 Å². The molecule has 3 aromatic rings. The Morgan fingerprint density at radius 2 is 2.04 bits per heavy atom. The second kappa shape index (κ2) is 7.18. The maximum absolute atomic E-state index is 12.9. The number of aromatic nitrogens is 2. The number of nitrogens with one attached hydrogen (secondary N) is 1. The lowest BCUT2D eigenvalue weighted by molar-refractivity contribution is -0.385. The third kappa shape index (κ3) is 3.61. The summed E-state index contributed by atoms with van der Waals surface area (Å²) in [6, 6.07) is 9.95. The zero-order valence-electron chi connectivity index (χ0n) is 13.8. The molecule has 0 bridgehead atoms. The number of ether oxygens (including phenoxy) is 1. The van der Waals surface area contributed by atoms with Crippen LogP contribution >= 0.6 is 0 Å². The summed E-state index contributed by atoms with van der Waals surface area (Å²) < 4.78 is 19.5. The van der Waals surface area contributed by atoms with Crippen molar-refractivity contribution in [2.45, 2.75) is 13.0 Å². The number of halogens is 1. The van der Waals surface area contributed by atoms with E-state index in [2.05, 4.69) is 10.3 Å². The molecule has 1 N–H and O–H groups in total. The van der Waals surface area contributed by atoms with E-state index in [9.17, 15) is 19.3 Å². The lowest BCUT2D eigenvalue weighted by atomic mass is 10.3. The molecule has 1 aromatic carbocycles. The summed E-state index contributed by atoms with van der Waals surface area (Å²) in [5.74, 6) is -0.0394. The minimum absolute atomic E-state index is 0.124. The first-order chi connectivity index (χ1) is 12.5. The standard InChI is InChI=1S/C17H15FN4O4/c1-11(10-26-13-7-5-12(18)6-8-13)19-16-15(22(24)25)17(23)21-9-3-2-4-14(21)20-16/h2-9,11,19H,10H2,1H3. The van der Waals surface area contributed by atoms with E-state index in [0.717, 1.165) is 4.40 Å². The van der Waals surface area contributed by atoms with Crippen LogP contribution in [0.3, 0.4) is 0 Å². The Kier molecular flexibility index (Phi) is 4.78. The molecule has 0 spiro atoms. The molecular formula is C17H15FN4O4. The van der Waals surface area contributed by atoms with Crippen LogP contribution in [0.4, 0.5) is 15.9 Å². The van der Waals surface area contributed by atoms with E-state index in [4.69, 9.17) is 4.74 Å². The van der Waals surface area contributed by atoms with Gasteiger partial charge < -0.3 is 10.1 Å². The highest BCUT2D eigenvalue weighted by Crippen LogP contribution is 2.19. The van der Waals surface area contributed by atoms with Gasteiger partial charge in [0.1, 0.15) is 23.8 Å². The lowest BCUT2D eigenvalue weighted by Gasteiger charge is -2.16. The Morgan fingerprint density at radius 3 is 2.73 bits per heavy atom. The molecule has 0 saturated heterocycles. The molecule has 0 aliphatic carbocycles. The normalized spacial score (nSPS) is 11.9. The predicted octanol–water partition coefficient (Wildman–Crippen LogP) is 2.62. The smallest absolute Gasteiger partial charge is 0.376 e. The first-order valence-corrected chi connectivity index (χ1v) is 7.76. The number of nitro groups is 1. The summed E-state index contributed by atoms with van der Waals surface area (Å²) in [6.07, 6.45) is 1.42. The molecule has 2 aromatic heterocycles. The Bertz CT molecular complexity index is 1000. The van der Waals surface area contributed by atoms with Crippen LogP contribution in [0.15, 0.2) is 53.5 Å². The van der Waals surface area contributed by atoms with Crippen molar-refractivity contribution in [3.8, 4) is 5.75 Å². The minimum Gasteiger partial charge on any atom is -0.491 e. The molecule has 2 heterocycles. The first-order valence-electron chi connectivity index (χ1n) is 7.76. The maximum Gasteiger partial charge on any atom is 0.376 e. The van der Waals surface area contributed by atoms with Crippen molar-refractivity contribution < 1.29 is 14.1 Å². The van der Waals surface area contributed by atoms with Gasteiger partial charge in [-0.3, -0.25) is 19.3 Å².